The molecule has 1 aromatic rings. The number of benzene rings is 1. The lowest BCUT2D eigenvalue weighted by Crippen LogP contribution is -2.28. The van der Waals surface area contributed by atoms with Crippen LogP contribution in [-0.2, 0) is 4.79 Å². The monoisotopic (exact) mass is 283 g/mol. The van der Waals surface area contributed by atoms with E-state index in [0.29, 0.717) is 6.54 Å². The molecule has 16 heavy (non-hydrogen) atoms. The molecule has 0 spiro atoms. The maximum atomic E-state index is 11.2. The van der Waals surface area contributed by atoms with Crippen LogP contribution in [0.1, 0.15) is 13.3 Å². The first kappa shape index (κ1) is 11.5. The Balaban J connectivity index is 1.92. The van der Waals surface area contributed by atoms with Crippen LogP contribution in [0.25, 0.3) is 0 Å². The molecule has 1 amide bonds. The Hall–Kier alpha value is -1.03. The van der Waals surface area contributed by atoms with Gasteiger partial charge in [-0.2, -0.15) is 0 Å². The molecule has 4 heteroatoms. The van der Waals surface area contributed by atoms with Crippen LogP contribution in [-0.4, -0.2) is 30.0 Å². The number of halogens is 1. The Kier molecular flexibility index (Phi) is 3.49. The molecule has 0 aliphatic carbocycles. The number of hydrogen-bond donors (Lipinski definition) is 0. The van der Waals surface area contributed by atoms with Gasteiger partial charge in [-0.3, -0.25) is 4.79 Å². The van der Waals surface area contributed by atoms with Crippen molar-refractivity contribution < 1.29 is 9.53 Å². The van der Waals surface area contributed by atoms with Crippen molar-refractivity contribution in [3.05, 3.63) is 28.7 Å². The summed E-state index contributed by atoms with van der Waals surface area (Å²) in [4.78, 5) is 13.0. The fourth-order valence-electron chi connectivity index (χ4n) is 1.82. The zero-order chi connectivity index (χ0) is 11.5. The van der Waals surface area contributed by atoms with Crippen molar-refractivity contribution in [2.75, 3.05) is 13.1 Å². The highest BCUT2D eigenvalue weighted by Crippen LogP contribution is 2.20. The summed E-state index contributed by atoms with van der Waals surface area (Å²) >= 11 is 3.38. The molecule has 2 rings (SSSR count). The van der Waals surface area contributed by atoms with E-state index in [1.807, 2.05) is 29.2 Å². The van der Waals surface area contributed by atoms with Crippen molar-refractivity contribution in [3.8, 4) is 5.75 Å². The van der Waals surface area contributed by atoms with Crippen LogP contribution in [0, 0.1) is 0 Å². The zero-order valence-electron chi connectivity index (χ0n) is 9.15. The zero-order valence-corrected chi connectivity index (χ0v) is 10.7. The van der Waals surface area contributed by atoms with Crippen LogP contribution in [0.5, 0.6) is 5.75 Å². The highest BCUT2D eigenvalue weighted by molar-refractivity contribution is 9.10. The van der Waals surface area contributed by atoms with E-state index in [2.05, 4.69) is 15.9 Å². The van der Waals surface area contributed by atoms with Gasteiger partial charge in [-0.05, 0) is 24.3 Å². The number of nitrogens with zero attached hydrogens (tertiary/aromatic N) is 1. The summed E-state index contributed by atoms with van der Waals surface area (Å²) in [5.74, 6) is 0.987. The molecule has 0 bridgehead atoms. The molecule has 86 valence electrons. The average molecular weight is 284 g/mol. The summed E-state index contributed by atoms with van der Waals surface area (Å²) < 4.78 is 6.83. The Labute approximate surface area is 104 Å². The topological polar surface area (TPSA) is 29.5 Å². The summed E-state index contributed by atoms with van der Waals surface area (Å²) in [6.07, 6.45) is 1.04. The van der Waals surface area contributed by atoms with Crippen LogP contribution in [0.3, 0.4) is 0 Å². The van der Waals surface area contributed by atoms with E-state index in [1.165, 1.54) is 0 Å². The first-order chi connectivity index (χ1) is 7.65. The van der Waals surface area contributed by atoms with E-state index < -0.39 is 0 Å². The van der Waals surface area contributed by atoms with Crippen LogP contribution in [0.2, 0.25) is 0 Å². The summed E-state index contributed by atoms with van der Waals surface area (Å²) in [5, 5.41) is 0. The molecular formula is C12H14BrNO2. The van der Waals surface area contributed by atoms with Gasteiger partial charge in [0.25, 0.3) is 0 Å². The van der Waals surface area contributed by atoms with Gasteiger partial charge in [0.2, 0.25) is 5.91 Å². The molecule has 1 atom stereocenters. The maximum absolute atomic E-state index is 11.2. The summed E-state index contributed by atoms with van der Waals surface area (Å²) in [6.45, 7) is 3.10. The summed E-state index contributed by atoms with van der Waals surface area (Å²) in [7, 11) is 0. The highest BCUT2D eigenvalue weighted by Gasteiger charge is 2.25. The van der Waals surface area contributed by atoms with Gasteiger partial charge in [0, 0.05) is 24.4 Å². The first-order valence-corrected chi connectivity index (χ1v) is 6.12. The number of hydrogen-bond acceptors (Lipinski definition) is 2. The van der Waals surface area contributed by atoms with Gasteiger partial charge < -0.3 is 9.64 Å². The SMILES string of the molecule is CC(=O)N1CCC(Oc2ccc(Br)cc2)C1. The van der Waals surface area contributed by atoms with Crippen molar-refractivity contribution in [2.45, 2.75) is 19.4 Å². The smallest absolute Gasteiger partial charge is 0.219 e. The molecule has 0 radical (unpaired) electrons. The van der Waals surface area contributed by atoms with Crippen molar-refractivity contribution in [1.29, 1.82) is 0 Å². The molecule has 1 aliphatic heterocycles. The van der Waals surface area contributed by atoms with Gasteiger partial charge in [-0.25, -0.2) is 0 Å². The second kappa shape index (κ2) is 4.87. The molecule has 1 unspecified atom stereocenters. The third kappa shape index (κ3) is 2.76. The first-order valence-electron chi connectivity index (χ1n) is 5.33. The fourth-order valence-corrected chi connectivity index (χ4v) is 2.08. The van der Waals surface area contributed by atoms with E-state index in [4.69, 9.17) is 4.74 Å². The van der Waals surface area contributed by atoms with Gasteiger partial charge in [0.1, 0.15) is 11.9 Å². The van der Waals surface area contributed by atoms with Crippen LogP contribution in [0.4, 0.5) is 0 Å². The Morgan fingerprint density at radius 2 is 2.12 bits per heavy atom. The van der Waals surface area contributed by atoms with Gasteiger partial charge in [0.15, 0.2) is 0 Å². The molecule has 1 saturated heterocycles. The van der Waals surface area contributed by atoms with Crippen LogP contribution in [0.15, 0.2) is 28.7 Å². The quantitative estimate of drug-likeness (QED) is 0.835. The summed E-state index contributed by atoms with van der Waals surface area (Å²) in [5.41, 5.74) is 0. The van der Waals surface area contributed by atoms with E-state index in [-0.39, 0.29) is 12.0 Å². The molecule has 1 heterocycles. The number of likely N-dealkylation sites (tertiary alicyclic amines) is 1. The molecule has 0 aromatic heterocycles. The number of amides is 1. The Bertz CT molecular complexity index is 377. The fraction of sp³-hybridized carbons (Fsp3) is 0.417. The maximum Gasteiger partial charge on any atom is 0.219 e. The summed E-state index contributed by atoms with van der Waals surface area (Å²) in [6, 6.07) is 7.76. The minimum atomic E-state index is 0.127. The number of carbonyl (C=O) groups is 1. The normalized spacial score (nSPS) is 19.9. The van der Waals surface area contributed by atoms with E-state index in [9.17, 15) is 4.79 Å². The number of carbonyl (C=O) groups excluding carboxylic acids is 1. The molecule has 1 aromatic carbocycles. The standard InChI is InChI=1S/C12H14BrNO2/c1-9(15)14-7-6-12(8-14)16-11-4-2-10(13)3-5-11/h2-5,12H,6-8H2,1H3. The van der Waals surface area contributed by atoms with Crippen molar-refractivity contribution in [2.24, 2.45) is 0 Å². The van der Waals surface area contributed by atoms with Gasteiger partial charge in [-0.15, -0.1) is 0 Å². The predicted octanol–water partition coefficient (Wildman–Crippen LogP) is 2.45. The third-order valence-corrected chi connectivity index (χ3v) is 3.24. The molecule has 1 fully saturated rings. The van der Waals surface area contributed by atoms with E-state index >= 15 is 0 Å². The van der Waals surface area contributed by atoms with E-state index in [1.54, 1.807) is 6.92 Å². The Morgan fingerprint density at radius 3 is 2.69 bits per heavy atom. The molecule has 0 saturated carbocycles. The second-order valence-electron chi connectivity index (χ2n) is 3.95. The number of rotatable bonds is 2. The Morgan fingerprint density at radius 1 is 1.44 bits per heavy atom. The largest absolute Gasteiger partial charge is 0.489 e. The minimum Gasteiger partial charge on any atom is -0.489 e. The number of ether oxygens (including phenoxy) is 1. The molecule has 1 aliphatic rings. The molecule has 3 nitrogen and oxygen atoms in total. The van der Waals surface area contributed by atoms with Gasteiger partial charge in [0.05, 0.1) is 6.54 Å². The predicted molar refractivity (Wildman–Crippen MR) is 65.4 cm³/mol. The lowest BCUT2D eigenvalue weighted by Gasteiger charge is -2.15. The molecular weight excluding hydrogens is 270 g/mol. The average Bonchev–Trinajstić information content (AvgIpc) is 2.70. The third-order valence-electron chi connectivity index (χ3n) is 2.71. The van der Waals surface area contributed by atoms with Crippen molar-refractivity contribution in [1.82, 2.24) is 4.90 Å². The van der Waals surface area contributed by atoms with E-state index in [0.717, 1.165) is 23.2 Å². The van der Waals surface area contributed by atoms with Gasteiger partial charge >= 0.3 is 0 Å². The van der Waals surface area contributed by atoms with Crippen molar-refractivity contribution in [3.63, 3.8) is 0 Å². The van der Waals surface area contributed by atoms with Crippen LogP contribution < -0.4 is 4.74 Å². The van der Waals surface area contributed by atoms with Crippen molar-refractivity contribution >= 4 is 21.8 Å². The van der Waals surface area contributed by atoms with Crippen LogP contribution >= 0.6 is 15.9 Å². The lowest BCUT2D eigenvalue weighted by atomic mass is 10.3. The second-order valence-corrected chi connectivity index (χ2v) is 4.86. The molecule has 0 N–H and O–H groups in total. The minimum absolute atomic E-state index is 0.127. The van der Waals surface area contributed by atoms with Gasteiger partial charge in [-0.1, -0.05) is 15.9 Å². The lowest BCUT2D eigenvalue weighted by molar-refractivity contribution is -0.128. The highest BCUT2D eigenvalue weighted by atomic mass is 79.9.